The fourth-order valence-electron chi connectivity index (χ4n) is 4.71. The van der Waals surface area contributed by atoms with Crippen LogP contribution in [0.5, 0.6) is 0 Å². The molecule has 4 rings (SSSR count). The Bertz CT molecular complexity index is 867. The molecule has 1 unspecified atom stereocenters. The van der Waals surface area contributed by atoms with Crippen molar-refractivity contribution in [2.24, 2.45) is 5.92 Å². The topological polar surface area (TPSA) is 60.3 Å². The van der Waals surface area contributed by atoms with E-state index in [1.165, 1.54) is 32.1 Å². The van der Waals surface area contributed by atoms with Crippen molar-refractivity contribution in [3.05, 3.63) is 23.5 Å². The molecule has 29 heavy (non-hydrogen) atoms. The molecule has 1 amide bonds. The normalized spacial score (nSPS) is 21.4. The Morgan fingerprint density at radius 3 is 2.62 bits per heavy atom. The highest BCUT2D eigenvalue weighted by Gasteiger charge is 2.32. The Morgan fingerprint density at radius 2 is 1.93 bits per heavy atom. The molecule has 2 fully saturated rings. The third-order valence-electron chi connectivity index (χ3n) is 6.45. The van der Waals surface area contributed by atoms with Crippen molar-refractivity contribution in [2.75, 3.05) is 19.7 Å². The summed E-state index contributed by atoms with van der Waals surface area (Å²) in [6.45, 7) is 10.4. The highest BCUT2D eigenvalue weighted by Crippen LogP contribution is 2.31. The molecular weight excluding hydrogens is 364 g/mol. The maximum atomic E-state index is 13.6. The Hall–Kier alpha value is -1.95. The number of carbonyl (C=O) groups excluding carboxylic acids is 1. The molecule has 6 nitrogen and oxygen atoms in total. The van der Waals surface area contributed by atoms with Gasteiger partial charge in [0.1, 0.15) is 0 Å². The lowest BCUT2D eigenvalue weighted by atomic mass is 9.84. The predicted octanol–water partition coefficient (Wildman–Crippen LogP) is 4.56. The third kappa shape index (κ3) is 4.04. The molecule has 1 saturated carbocycles. The lowest BCUT2D eigenvalue weighted by molar-refractivity contribution is -0.0562. The minimum absolute atomic E-state index is 0.0896. The van der Waals surface area contributed by atoms with Crippen LogP contribution in [0, 0.1) is 5.92 Å². The van der Waals surface area contributed by atoms with Crippen LogP contribution >= 0.6 is 0 Å². The van der Waals surface area contributed by atoms with Crippen molar-refractivity contribution in [1.82, 2.24) is 19.7 Å². The van der Waals surface area contributed by atoms with Gasteiger partial charge in [-0.1, -0.05) is 33.1 Å². The molecule has 1 atom stereocenters. The van der Waals surface area contributed by atoms with Crippen molar-refractivity contribution >= 4 is 16.9 Å². The second-order valence-electron chi connectivity index (χ2n) is 9.23. The van der Waals surface area contributed by atoms with Gasteiger partial charge in [0.05, 0.1) is 29.9 Å². The molecule has 2 aliphatic rings. The quantitative estimate of drug-likeness (QED) is 0.758. The molecular formula is C23H34N4O2. The minimum Gasteiger partial charge on any atom is -0.374 e. The summed E-state index contributed by atoms with van der Waals surface area (Å²) in [4.78, 5) is 20.4. The maximum absolute atomic E-state index is 13.6. The van der Waals surface area contributed by atoms with Crippen molar-refractivity contribution in [2.45, 2.75) is 77.9 Å². The van der Waals surface area contributed by atoms with Gasteiger partial charge in [-0.25, -0.2) is 9.67 Å². The number of morpholine rings is 1. The zero-order chi connectivity index (χ0) is 20.5. The van der Waals surface area contributed by atoms with Gasteiger partial charge in [-0.3, -0.25) is 4.79 Å². The first-order chi connectivity index (χ1) is 14.0. The fourth-order valence-corrected chi connectivity index (χ4v) is 4.71. The summed E-state index contributed by atoms with van der Waals surface area (Å²) in [6.07, 6.45) is 8.34. The molecule has 2 aromatic heterocycles. The highest BCUT2D eigenvalue weighted by molar-refractivity contribution is 6.05. The molecule has 158 valence electrons. The molecule has 1 aliphatic carbocycles. The summed E-state index contributed by atoms with van der Waals surface area (Å²) in [5, 5.41) is 5.39. The number of amides is 1. The van der Waals surface area contributed by atoms with Gasteiger partial charge >= 0.3 is 0 Å². The smallest absolute Gasteiger partial charge is 0.254 e. The predicted molar refractivity (Wildman–Crippen MR) is 114 cm³/mol. The van der Waals surface area contributed by atoms with Gasteiger partial charge in [-0.15, -0.1) is 0 Å². The van der Waals surface area contributed by atoms with E-state index in [1.807, 2.05) is 15.6 Å². The SMILES string of the molecule is CC(C)c1cc(C(=O)N2CCOC(C3CCCCC3)C2)c2cnn(C(C)C)c2n1. The summed E-state index contributed by atoms with van der Waals surface area (Å²) in [6, 6.07) is 2.18. The monoisotopic (exact) mass is 398 g/mol. The summed E-state index contributed by atoms with van der Waals surface area (Å²) in [5.41, 5.74) is 2.49. The summed E-state index contributed by atoms with van der Waals surface area (Å²) < 4.78 is 8.01. The number of fused-ring (bicyclic) bond motifs is 1. The van der Waals surface area contributed by atoms with E-state index in [2.05, 4.69) is 32.8 Å². The van der Waals surface area contributed by atoms with E-state index in [9.17, 15) is 4.79 Å². The molecule has 1 aliphatic heterocycles. The Kier molecular flexibility index (Phi) is 5.91. The molecule has 0 bridgehead atoms. The molecule has 6 heteroatoms. The summed E-state index contributed by atoms with van der Waals surface area (Å²) >= 11 is 0. The number of nitrogens with zero attached hydrogens (tertiary/aromatic N) is 4. The highest BCUT2D eigenvalue weighted by atomic mass is 16.5. The van der Waals surface area contributed by atoms with E-state index in [0.29, 0.717) is 25.6 Å². The second-order valence-corrected chi connectivity index (χ2v) is 9.23. The van der Waals surface area contributed by atoms with E-state index in [0.717, 1.165) is 22.3 Å². The minimum atomic E-state index is 0.0896. The summed E-state index contributed by atoms with van der Waals surface area (Å²) in [5.74, 6) is 0.930. The van der Waals surface area contributed by atoms with Crippen LogP contribution in [0.15, 0.2) is 12.3 Å². The molecule has 3 heterocycles. The van der Waals surface area contributed by atoms with Crippen LogP contribution in [-0.4, -0.2) is 51.4 Å². The van der Waals surface area contributed by atoms with Crippen LogP contribution in [0.1, 0.15) is 87.8 Å². The maximum Gasteiger partial charge on any atom is 0.254 e. The van der Waals surface area contributed by atoms with E-state index < -0.39 is 0 Å². The molecule has 0 N–H and O–H groups in total. The molecule has 1 saturated heterocycles. The Morgan fingerprint density at radius 1 is 1.17 bits per heavy atom. The Balaban J connectivity index is 1.65. The first-order valence-corrected chi connectivity index (χ1v) is 11.2. The standard InChI is InChI=1S/C23H34N4O2/c1-15(2)20-12-18(19-13-24-27(16(3)4)22(19)25-20)23(28)26-10-11-29-21(14-26)17-8-6-5-7-9-17/h12-13,15-17,21H,5-11,14H2,1-4H3. The first-order valence-electron chi connectivity index (χ1n) is 11.2. The van der Waals surface area contributed by atoms with Gasteiger partial charge in [0.15, 0.2) is 5.65 Å². The number of carbonyl (C=O) groups is 1. The van der Waals surface area contributed by atoms with Gasteiger partial charge < -0.3 is 9.64 Å². The summed E-state index contributed by atoms with van der Waals surface area (Å²) in [7, 11) is 0. The van der Waals surface area contributed by atoms with E-state index in [4.69, 9.17) is 9.72 Å². The lowest BCUT2D eigenvalue weighted by Gasteiger charge is -2.38. The zero-order valence-electron chi connectivity index (χ0n) is 18.2. The number of hydrogen-bond acceptors (Lipinski definition) is 4. The number of ether oxygens (including phenoxy) is 1. The van der Waals surface area contributed by atoms with Gasteiger partial charge in [0.25, 0.3) is 5.91 Å². The number of aromatic nitrogens is 3. The number of pyridine rings is 1. The van der Waals surface area contributed by atoms with Gasteiger partial charge in [-0.05, 0) is 44.6 Å². The van der Waals surface area contributed by atoms with Crippen LogP contribution < -0.4 is 0 Å². The van der Waals surface area contributed by atoms with Crippen molar-refractivity contribution in [3.63, 3.8) is 0 Å². The van der Waals surface area contributed by atoms with Crippen molar-refractivity contribution < 1.29 is 9.53 Å². The molecule has 0 aromatic carbocycles. The molecule has 0 spiro atoms. The number of rotatable bonds is 4. The largest absolute Gasteiger partial charge is 0.374 e. The fraction of sp³-hybridized carbons (Fsp3) is 0.696. The molecule has 2 aromatic rings. The van der Waals surface area contributed by atoms with Gasteiger partial charge in [0, 0.05) is 24.8 Å². The first kappa shape index (κ1) is 20.3. The van der Waals surface area contributed by atoms with E-state index >= 15 is 0 Å². The van der Waals surface area contributed by atoms with Crippen LogP contribution in [0.25, 0.3) is 11.0 Å². The number of hydrogen-bond donors (Lipinski definition) is 0. The van der Waals surface area contributed by atoms with E-state index in [1.54, 1.807) is 6.20 Å². The van der Waals surface area contributed by atoms with Crippen LogP contribution in [-0.2, 0) is 4.74 Å². The van der Waals surface area contributed by atoms with Crippen LogP contribution in [0.2, 0.25) is 0 Å². The van der Waals surface area contributed by atoms with Gasteiger partial charge in [-0.2, -0.15) is 5.10 Å². The van der Waals surface area contributed by atoms with Crippen molar-refractivity contribution in [3.8, 4) is 0 Å². The van der Waals surface area contributed by atoms with E-state index in [-0.39, 0.29) is 24.0 Å². The third-order valence-corrected chi connectivity index (χ3v) is 6.45. The Labute approximate surface area is 173 Å². The van der Waals surface area contributed by atoms with Crippen molar-refractivity contribution in [1.29, 1.82) is 0 Å². The second kappa shape index (κ2) is 8.42. The zero-order valence-corrected chi connectivity index (χ0v) is 18.2. The molecule has 0 radical (unpaired) electrons. The average molecular weight is 399 g/mol. The van der Waals surface area contributed by atoms with Crippen LogP contribution in [0.4, 0.5) is 0 Å². The average Bonchev–Trinajstić information content (AvgIpc) is 3.17. The van der Waals surface area contributed by atoms with Gasteiger partial charge in [0.2, 0.25) is 0 Å². The lowest BCUT2D eigenvalue weighted by Crippen LogP contribution is -2.48. The van der Waals surface area contributed by atoms with Crippen LogP contribution in [0.3, 0.4) is 0 Å².